The highest BCUT2D eigenvalue weighted by Crippen LogP contribution is 2.17. The largest absolute Gasteiger partial charge is 0.338 e. The van der Waals surface area contributed by atoms with Crippen molar-refractivity contribution in [2.45, 2.75) is 25.9 Å². The van der Waals surface area contributed by atoms with E-state index in [1.165, 1.54) is 0 Å². The molecule has 1 aliphatic heterocycles. The summed E-state index contributed by atoms with van der Waals surface area (Å²) in [5.41, 5.74) is 0. The molecule has 1 saturated heterocycles. The first-order valence-electron chi connectivity index (χ1n) is 5.52. The van der Waals surface area contributed by atoms with E-state index in [1.807, 2.05) is 12.4 Å². The molecule has 1 aliphatic rings. The van der Waals surface area contributed by atoms with Crippen LogP contribution in [0.4, 0.5) is 5.95 Å². The minimum atomic E-state index is 0.548. The molecule has 88 valence electrons. The van der Waals surface area contributed by atoms with Gasteiger partial charge in [-0.3, -0.25) is 4.90 Å². The average Bonchev–Trinajstić information content (AvgIpc) is 2.26. The molecule has 2 atom stereocenters. The molecule has 1 aromatic heterocycles. The maximum absolute atomic E-state index is 4.38. The van der Waals surface area contributed by atoms with E-state index in [0.29, 0.717) is 12.1 Å². The highest BCUT2D eigenvalue weighted by atomic mass is 127. The second kappa shape index (κ2) is 4.83. The third-order valence-corrected chi connectivity index (χ3v) is 3.81. The predicted octanol–water partition coefficient (Wildman–Crippen LogP) is 1.61. The molecule has 0 aliphatic carbocycles. The van der Waals surface area contributed by atoms with Gasteiger partial charge in [0.2, 0.25) is 5.95 Å². The first-order valence-corrected chi connectivity index (χ1v) is 6.60. The summed E-state index contributed by atoms with van der Waals surface area (Å²) in [6, 6.07) is 1.10. The molecule has 2 rings (SSSR count). The smallest absolute Gasteiger partial charge is 0.225 e. The van der Waals surface area contributed by atoms with Gasteiger partial charge in [0.05, 0.1) is 0 Å². The molecule has 2 heterocycles. The number of nitrogens with zero attached hydrogens (tertiary/aromatic N) is 4. The van der Waals surface area contributed by atoms with Crippen LogP contribution >= 0.6 is 22.6 Å². The third-order valence-electron chi connectivity index (χ3n) is 3.25. The average molecular weight is 332 g/mol. The Morgan fingerprint density at radius 1 is 1.19 bits per heavy atom. The van der Waals surface area contributed by atoms with Crippen LogP contribution in [0, 0.1) is 3.57 Å². The van der Waals surface area contributed by atoms with E-state index < -0.39 is 0 Å². The zero-order valence-corrected chi connectivity index (χ0v) is 12.0. The summed E-state index contributed by atoms with van der Waals surface area (Å²) < 4.78 is 1.08. The number of likely N-dealkylation sites (N-methyl/N-ethyl adjacent to an activating group) is 1. The molecule has 16 heavy (non-hydrogen) atoms. The SMILES string of the molecule is CC1CN(c2ncc(I)cn2)CC(C)N1C. The standard InChI is InChI=1S/C11H17IN4/c1-8-6-16(7-9(2)15(8)3)11-13-4-10(12)5-14-11/h4-5,8-9H,6-7H2,1-3H3. The Morgan fingerprint density at radius 3 is 2.19 bits per heavy atom. The summed E-state index contributed by atoms with van der Waals surface area (Å²) in [6.07, 6.45) is 3.74. The fraction of sp³-hybridized carbons (Fsp3) is 0.636. The van der Waals surface area contributed by atoms with Crippen molar-refractivity contribution in [3.63, 3.8) is 0 Å². The fourth-order valence-electron chi connectivity index (χ4n) is 2.04. The van der Waals surface area contributed by atoms with Crippen molar-refractivity contribution in [2.24, 2.45) is 0 Å². The predicted molar refractivity (Wildman–Crippen MR) is 73.6 cm³/mol. The van der Waals surface area contributed by atoms with E-state index in [0.717, 1.165) is 22.6 Å². The van der Waals surface area contributed by atoms with Crippen molar-refractivity contribution in [1.29, 1.82) is 0 Å². The summed E-state index contributed by atoms with van der Waals surface area (Å²) in [6.45, 7) is 6.49. The zero-order valence-electron chi connectivity index (χ0n) is 9.89. The third kappa shape index (κ3) is 2.45. The monoisotopic (exact) mass is 332 g/mol. The molecule has 0 spiro atoms. The lowest BCUT2D eigenvalue weighted by Gasteiger charge is -2.42. The minimum absolute atomic E-state index is 0.548. The van der Waals surface area contributed by atoms with Crippen LogP contribution in [-0.4, -0.2) is 47.1 Å². The van der Waals surface area contributed by atoms with Crippen molar-refractivity contribution in [1.82, 2.24) is 14.9 Å². The van der Waals surface area contributed by atoms with E-state index in [1.54, 1.807) is 0 Å². The van der Waals surface area contributed by atoms with E-state index in [9.17, 15) is 0 Å². The second-order valence-corrected chi connectivity index (χ2v) is 5.72. The Balaban J connectivity index is 2.13. The molecule has 0 radical (unpaired) electrons. The van der Waals surface area contributed by atoms with Gasteiger partial charge in [0.15, 0.2) is 0 Å². The number of rotatable bonds is 1. The quantitative estimate of drug-likeness (QED) is 0.732. The first kappa shape index (κ1) is 12.0. The summed E-state index contributed by atoms with van der Waals surface area (Å²) in [4.78, 5) is 13.4. The Kier molecular flexibility index (Phi) is 3.63. The van der Waals surface area contributed by atoms with Crippen LogP contribution in [0.1, 0.15) is 13.8 Å². The topological polar surface area (TPSA) is 32.3 Å². The summed E-state index contributed by atoms with van der Waals surface area (Å²) >= 11 is 2.23. The lowest BCUT2D eigenvalue weighted by molar-refractivity contribution is 0.169. The van der Waals surface area contributed by atoms with Gasteiger partial charge in [-0.25, -0.2) is 9.97 Å². The van der Waals surface area contributed by atoms with Crippen LogP contribution in [0.2, 0.25) is 0 Å². The van der Waals surface area contributed by atoms with Gasteiger partial charge in [-0.05, 0) is 43.5 Å². The molecule has 1 fully saturated rings. The molecule has 2 unspecified atom stereocenters. The van der Waals surface area contributed by atoms with Crippen LogP contribution in [0.25, 0.3) is 0 Å². The number of piperazine rings is 1. The van der Waals surface area contributed by atoms with E-state index in [2.05, 4.69) is 63.3 Å². The van der Waals surface area contributed by atoms with Crippen molar-refractivity contribution in [3.8, 4) is 0 Å². The molecular formula is C11H17IN4. The van der Waals surface area contributed by atoms with Gasteiger partial charge in [0.1, 0.15) is 0 Å². The van der Waals surface area contributed by atoms with Crippen molar-refractivity contribution < 1.29 is 0 Å². The Morgan fingerprint density at radius 2 is 1.69 bits per heavy atom. The Hall–Kier alpha value is -0.430. The van der Waals surface area contributed by atoms with Crippen molar-refractivity contribution >= 4 is 28.5 Å². The van der Waals surface area contributed by atoms with Crippen LogP contribution in [0.3, 0.4) is 0 Å². The minimum Gasteiger partial charge on any atom is -0.338 e. The summed E-state index contributed by atoms with van der Waals surface area (Å²) in [5, 5.41) is 0. The van der Waals surface area contributed by atoms with Gasteiger partial charge in [-0.2, -0.15) is 0 Å². The van der Waals surface area contributed by atoms with Crippen molar-refractivity contribution in [2.75, 3.05) is 25.0 Å². The lowest BCUT2D eigenvalue weighted by Crippen LogP contribution is -2.55. The Bertz CT molecular complexity index is 342. The molecule has 0 aromatic carbocycles. The first-order chi connectivity index (χ1) is 7.58. The van der Waals surface area contributed by atoms with Crippen LogP contribution in [-0.2, 0) is 0 Å². The van der Waals surface area contributed by atoms with Crippen LogP contribution in [0.5, 0.6) is 0 Å². The number of anilines is 1. The maximum Gasteiger partial charge on any atom is 0.225 e. The number of hydrogen-bond donors (Lipinski definition) is 0. The zero-order chi connectivity index (χ0) is 11.7. The molecular weight excluding hydrogens is 315 g/mol. The van der Waals surface area contributed by atoms with E-state index in [4.69, 9.17) is 0 Å². The summed E-state index contributed by atoms with van der Waals surface area (Å²) in [5.74, 6) is 0.854. The van der Waals surface area contributed by atoms with Gasteiger partial charge in [-0.1, -0.05) is 0 Å². The molecule has 0 saturated carbocycles. The molecule has 4 nitrogen and oxygen atoms in total. The van der Waals surface area contributed by atoms with E-state index in [-0.39, 0.29) is 0 Å². The van der Waals surface area contributed by atoms with Gasteiger partial charge >= 0.3 is 0 Å². The van der Waals surface area contributed by atoms with Crippen LogP contribution in [0.15, 0.2) is 12.4 Å². The van der Waals surface area contributed by atoms with Gasteiger partial charge in [0, 0.05) is 41.1 Å². The molecule has 1 aromatic rings. The summed E-state index contributed by atoms with van der Waals surface area (Å²) in [7, 11) is 2.18. The molecule has 0 bridgehead atoms. The molecule has 5 heteroatoms. The van der Waals surface area contributed by atoms with E-state index >= 15 is 0 Å². The number of aromatic nitrogens is 2. The molecule has 0 N–H and O–H groups in total. The second-order valence-electron chi connectivity index (χ2n) is 4.47. The molecule has 0 amide bonds. The van der Waals surface area contributed by atoms with Gasteiger partial charge in [0.25, 0.3) is 0 Å². The number of halogens is 1. The van der Waals surface area contributed by atoms with Crippen molar-refractivity contribution in [3.05, 3.63) is 16.0 Å². The van der Waals surface area contributed by atoms with Gasteiger partial charge in [-0.15, -0.1) is 0 Å². The lowest BCUT2D eigenvalue weighted by atomic mass is 10.1. The fourth-order valence-corrected chi connectivity index (χ4v) is 2.32. The Labute approximate surface area is 110 Å². The number of hydrogen-bond acceptors (Lipinski definition) is 4. The maximum atomic E-state index is 4.38. The normalized spacial score (nSPS) is 27.1. The van der Waals surface area contributed by atoms with Gasteiger partial charge < -0.3 is 4.90 Å². The highest BCUT2D eigenvalue weighted by Gasteiger charge is 2.27. The highest BCUT2D eigenvalue weighted by molar-refractivity contribution is 14.1. The van der Waals surface area contributed by atoms with Crippen LogP contribution < -0.4 is 4.90 Å².